The van der Waals surface area contributed by atoms with Gasteiger partial charge in [-0.15, -0.1) is 0 Å². The van der Waals surface area contributed by atoms with Gasteiger partial charge in [0.05, 0.1) is 0 Å². The highest BCUT2D eigenvalue weighted by molar-refractivity contribution is 5.40. The van der Waals surface area contributed by atoms with Crippen LogP contribution in [0.25, 0.3) is 0 Å². The molecule has 0 aliphatic heterocycles. The first-order valence-electron chi connectivity index (χ1n) is 7.34. The van der Waals surface area contributed by atoms with Crippen molar-refractivity contribution < 1.29 is 0 Å². The number of benzene rings is 2. The van der Waals surface area contributed by atoms with Crippen molar-refractivity contribution >= 4 is 5.69 Å². The fourth-order valence-corrected chi connectivity index (χ4v) is 2.57. The minimum absolute atomic E-state index is 0.414. The van der Waals surface area contributed by atoms with E-state index < -0.39 is 0 Å². The molecule has 0 aromatic heterocycles. The Kier molecular flexibility index (Phi) is 5.19. The lowest BCUT2D eigenvalue weighted by atomic mass is 10.1. The van der Waals surface area contributed by atoms with Crippen LogP contribution >= 0.6 is 0 Å². The topological polar surface area (TPSA) is 29.3 Å². The molecule has 0 aliphatic rings. The molecule has 0 bridgehead atoms. The van der Waals surface area contributed by atoms with Gasteiger partial charge in [0.2, 0.25) is 0 Å². The maximum Gasteiger partial charge on any atom is 0.0323 e. The third kappa shape index (κ3) is 3.84. The van der Waals surface area contributed by atoms with Crippen LogP contribution in [0, 0.1) is 0 Å². The third-order valence-corrected chi connectivity index (χ3v) is 3.68. The molecule has 0 aliphatic carbocycles. The van der Waals surface area contributed by atoms with Crippen LogP contribution in [0.5, 0.6) is 0 Å². The first-order valence-corrected chi connectivity index (χ1v) is 7.34. The van der Waals surface area contributed by atoms with Crippen LogP contribution in [0.4, 0.5) is 5.69 Å². The van der Waals surface area contributed by atoms with Gasteiger partial charge in [0.15, 0.2) is 0 Å². The van der Waals surface area contributed by atoms with Gasteiger partial charge in [-0.1, -0.05) is 49.4 Å². The maximum absolute atomic E-state index is 5.88. The summed E-state index contributed by atoms with van der Waals surface area (Å²) in [7, 11) is 0. The van der Waals surface area contributed by atoms with E-state index in [9.17, 15) is 0 Å². The molecule has 0 fully saturated rings. The summed E-state index contributed by atoms with van der Waals surface area (Å²) in [5, 5.41) is 0. The number of hydrogen-bond donors (Lipinski definition) is 1. The fraction of sp³-hybridized carbons (Fsp3) is 0.333. The molecular formula is C18H24N2. The minimum Gasteiger partial charge on any atom is -0.399 e. The van der Waals surface area contributed by atoms with E-state index >= 15 is 0 Å². The first-order chi connectivity index (χ1) is 9.70. The van der Waals surface area contributed by atoms with Crippen molar-refractivity contribution in [3.05, 3.63) is 65.7 Å². The molecule has 2 rings (SSSR count). The molecule has 2 nitrogen and oxygen atoms in total. The lowest BCUT2D eigenvalue weighted by Gasteiger charge is -2.29. The predicted molar refractivity (Wildman–Crippen MR) is 86.4 cm³/mol. The van der Waals surface area contributed by atoms with Crippen LogP contribution in [-0.2, 0) is 6.54 Å². The number of nitrogens with two attached hydrogens (primary N) is 1. The molecule has 2 heteroatoms. The molecule has 20 heavy (non-hydrogen) atoms. The Morgan fingerprint density at radius 3 is 2.45 bits per heavy atom. The molecule has 2 N–H and O–H groups in total. The zero-order valence-corrected chi connectivity index (χ0v) is 12.4. The Hall–Kier alpha value is -1.80. The zero-order valence-electron chi connectivity index (χ0n) is 12.4. The molecule has 0 saturated heterocycles. The largest absolute Gasteiger partial charge is 0.399 e. The molecule has 0 radical (unpaired) electrons. The SMILES string of the molecule is CCCN(Cc1cccc(N)c1)C(C)c1ccccc1. The van der Waals surface area contributed by atoms with Crippen molar-refractivity contribution in [1.29, 1.82) is 0 Å². The Labute approximate surface area is 122 Å². The second kappa shape index (κ2) is 7.11. The van der Waals surface area contributed by atoms with E-state index in [-0.39, 0.29) is 0 Å². The third-order valence-electron chi connectivity index (χ3n) is 3.68. The molecule has 1 unspecified atom stereocenters. The quantitative estimate of drug-likeness (QED) is 0.794. The summed E-state index contributed by atoms with van der Waals surface area (Å²) in [6, 6.07) is 19.3. The molecule has 2 aromatic carbocycles. The monoisotopic (exact) mass is 268 g/mol. The van der Waals surface area contributed by atoms with E-state index in [1.165, 1.54) is 11.1 Å². The predicted octanol–water partition coefficient (Wildman–Crippen LogP) is 4.24. The minimum atomic E-state index is 0.414. The van der Waals surface area contributed by atoms with Crippen LogP contribution in [0.3, 0.4) is 0 Å². The highest BCUT2D eigenvalue weighted by Crippen LogP contribution is 2.22. The van der Waals surface area contributed by atoms with Gasteiger partial charge < -0.3 is 5.73 Å². The number of rotatable bonds is 6. The normalized spacial score (nSPS) is 12.6. The van der Waals surface area contributed by atoms with E-state index in [2.05, 4.69) is 61.2 Å². The molecular weight excluding hydrogens is 244 g/mol. The average Bonchev–Trinajstić information content (AvgIpc) is 2.47. The van der Waals surface area contributed by atoms with Gasteiger partial charge in [-0.25, -0.2) is 0 Å². The zero-order chi connectivity index (χ0) is 14.4. The average molecular weight is 268 g/mol. The van der Waals surface area contributed by atoms with Crippen molar-refractivity contribution in [3.63, 3.8) is 0 Å². The van der Waals surface area contributed by atoms with Crippen molar-refractivity contribution in [2.45, 2.75) is 32.9 Å². The van der Waals surface area contributed by atoms with Crippen molar-refractivity contribution in [3.8, 4) is 0 Å². The number of hydrogen-bond acceptors (Lipinski definition) is 2. The molecule has 106 valence electrons. The number of nitrogen functional groups attached to an aromatic ring is 1. The molecule has 0 heterocycles. The van der Waals surface area contributed by atoms with Crippen LogP contribution < -0.4 is 5.73 Å². The van der Waals surface area contributed by atoms with Gasteiger partial charge in [-0.05, 0) is 43.1 Å². The van der Waals surface area contributed by atoms with Crippen LogP contribution in [0.1, 0.15) is 37.4 Å². The van der Waals surface area contributed by atoms with Crippen LogP contribution in [-0.4, -0.2) is 11.4 Å². The van der Waals surface area contributed by atoms with Gasteiger partial charge in [-0.3, -0.25) is 4.90 Å². The Morgan fingerprint density at radius 2 is 1.80 bits per heavy atom. The highest BCUT2D eigenvalue weighted by atomic mass is 15.1. The van der Waals surface area contributed by atoms with Crippen LogP contribution in [0.2, 0.25) is 0 Å². The Bertz CT molecular complexity index is 522. The lowest BCUT2D eigenvalue weighted by Crippen LogP contribution is -2.27. The number of anilines is 1. The van der Waals surface area contributed by atoms with Gasteiger partial charge in [-0.2, -0.15) is 0 Å². The summed E-state index contributed by atoms with van der Waals surface area (Å²) in [5.74, 6) is 0. The highest BCUT2D eigenvalue weighted by Gasteiger charge is 2.15. The van der Waals surface area contributed by atoms with Gasteiger partial charge >= 0.3 is 0 Å². The van der Waals surface area contributed by atoms with Gasteiger partial charge in [0.25, 0.3) is 0 Å². The van der Waals surface area contributed by atoms with Crippen molar-refractivity contribution in [2.24, 2.45) is 0 Å². The van der Waals surface area contributed by atoms with E-state index in [0.717, 1.165) is 25.2 Å². The summed E-state index contributed by atoms with van der Waals surface area (Å²) >= 11 is 0. The fourth-order valence-electron chi connectivity index (χ4n) is 2.57. The summed E-state index contributed by atoms with van der Waals surface area (Å²) in [6.45, 7) is 6.53. The second-order valence-corrected chi connectivity index (χ2v) is 5.30. The van der Waals surface area contributed by atoms with Crippen LogP contribution in [0.15, 0.2) is 54.6 Å². The summed E-state index contributed by atoms with van der Waals surface area (Å²) in [6.07, 6.45) is 1.15. The van der Waals surface area contributed by atoms with Crippen molar-refractivity contribution in [1.82, 2.24) is 4.90 Å². The number of nitrogens with zero attached hydrogens (tertiary/aromatic N) is 1. The van der Waals surface area contributed by atoms with Gasteiger partial charge in [0.1, 0.15) is 0 Å². The smallest absolute Gasteiger partial charge is 0.0323 e. The molecule has 0 amide bonds. The van der Waals surface area contributed by atoms with E-state index in [1.807, 2.05) is 12.1 Å². The summed E-state index contributed by atoms with van der Waals surface area (Å²) in [5.41, 5.74) is 9.36. The first kappa shape index (κ1) is 14.6. The summed E-state index contributed by atoms with van der Waals surface area (Å²) in [4.78, 5) is 2.50. The molecule has 0 saturated carbocycles. The Morgan fingerprint density at radius 1 is 1.05 bits per heavy atom. The van der Waals surface area contributed by atoms with Gasteiger partial charge in [0, 0.05) is 18.3 Å². The maximum atomic E-state index is 5.88. The van der Waals surface area contributed by atoms with Crippen molar-refractivity contribution in [2.75, 3.05) is 12.3 Å². The van der Waals surface area contributed by atoms with E-state index in [0.29, 0.717) is 6.04 Å². The summed E-state index contributed by atoms with van der Waals surface area (Å²) < 4.78 is 0. The molecule has 1 atom stereocenters. The lowest BCUT2D eigenvalue weighted by molar-refractivity contribution is 0.202. The molecule has 2 aromatic rings. The van der Waals surface area contributed by atoms with E-state index in [4.69, 9.17) is 5.73 Å². The molecule has 0 spiro atoms. The van der Waals surface area contributed by atoms with E-state index in [1.54, 1.807) is 0 Å². The second-order valence-electron chi connectivity index (χ2n) is 5.30. The Balaban J connectivity index is 2.14. The standard InChI is InChI=1S/C18H24N2/c1-3-12-20(14-16-8-7-11-18(19)13-16)15(2)17-9-5-4-6-10-17/h4-11,13,15H,3,12,14,19H2,1-2H3.